The molecule has 1 unspecified atom stereocenters. The Labute approximate surface area is 82.8 Å². The minimum atomic E-state index is -1.41. The molecule has 0 saturated heterocycles. The van der Waals surface area contributed by atoms with Gasteiger partial charge >= 0.3 is 5.97 Å². The van der Waals surface area contributed by atoms with Crippen LogP contribution in [0, 0.1) is 0 Å². The van der Waals surface area contributed by atoms with Crippen molar-refractivity contribution in [1.82, 2.24) is 0 Å². The van der Waals surface area contributed by atoms with E-state index >= 15 is 0 Å². The summed E-state index contributed by atoms with van der Waals surface area (Å²) in [6.07, 6.45) is -1.41. The van der Waals surface area contributed by atoms with Crippen LogP contribution in [0.2, 0.25) is 0 Å². The second-order valence-corrected chi connectivity index (χ2v) is 2.15. The normalized spacial score (nSPS) is 11.4. The third kappa shape index (κ3) is 2.72. The van der Waals surface area contributed by atoms with E-state index in [2.05, 4.69) is 0 Å². The number of benzene rings is 1. The Morgan fingerprint density at radius 3 is 2.17 bits per heavy atom. The van der Waals surface area contributed by atoms with Gasteiger partial charge in [-0.1, -0.05) is 30.3 Å². The molecular weight excluding hydrogens is 247 g/mol. The molecule has 2 N–H and O–H groups in total. The van der Waals surface area contributed by atoms with Crippen LogP contribution in [0.25, 0.3) is 0 Å². The molecule has 1 aromatic rings. The quantitative estimate of drug-likeness (QED) is 0.768. The minimum absolute atomic E-state index is 0. The maximum Gasteiger partial charge on any atom is 0.337 e. The molecule has 0 spiro atoms. The van der Waals surface area contributed by atoms with Gasteiger partial charge in [0.25, 0.3) is 0 Å². The Morgan fingerprint density at radius 2 is 1.75 bits per heavy atom. The zero-order chi connectivity index (χ0) is 8.27. The average Bonchev–Trinajstić information content (AvgIpc) is 2.05. The van der Waals surface area contributed by atoms with Crippen LogP contribution in [-0.2, 0) is 24.3 Å². The van der Waals surface area contributed by atoms with Crippen molar-refractivity contribution in [3.8, 4) is 0 Å². The Bertz CT molecular complexity index is 248. The van der Waals surface area contributed by atoms with Crippen molar-refractivity contribution in [3.05, 3.63) is 35.9 Å². The van der Waals surface area contributed by atoms with Crippen LogP contribution < -0.4 is 0 Å². The van der Waals surface area contributed by atoms with Crippen LogP contribution in [0.5, 0.6) is 0 Å². The van der Waals surface area contributed by atoms with E-state index < -0.39 is 12.1 Å². The zero-order valence-corrected chi connectivity index (χ0v) is 7.74. The molecule has 0 aliphatic rings. The Morgan fingerprint density at radius 1 is 1.25 bits per heavy atom. The number of aliphatic hydroxyl groups is 1. The van der Waals surface area contributed by atoms with Gasteiger partial charge < -0.3 is 10.2 Å². The van der Waals surface area contributed by atoms with Gasteiger partial charge in [0.2, 0.25) is 0 Å². The number of aliphatic hydroxyl groups excluding tert-OH is 1. The van der Waals surface area contributed by atoms with Crippen molar-refractivity contribution in [2.45, 2.75) is 6.10 Å². The molecule has 1 atom stereocenters. The fraction of sp³-hybridized carbons (Fsp3) is 0.125. The minimum Gasteiger partial charge on any atom is -0.479 e. The molecule has 0 aromatic heterocycles. The fourth-order valence-corrected chi connectivity index (χ4v) is 0.778. The second-order valence-electron chi connectivity index (χ2n) is 2.15. The van der Waals surface area contributed by atoms with Crippen LogP contribution in [-0.4, -0.2) is 16.2 Å². The fourth-order valence-electron chi connectivity index (χ4n) is 0.778. The second kappa shape index (κ2) is 5.01. The van der Waals surface area contributed by atoms with Crippen LogP contribution >= 0.6 is 0 Å². The molecule has 0 bridgehead atoms. The number of hydrogen-bond donors (Lipinski definition) is 2. The first kappa shape index (κ1) is 11.3. The predicted octanol–water partition coefficient (Wildman–Crippen LogP) is 0.802. The maximum atomic E-state index is 10.2. The van der Waals surface area contributed by atoms with Gasteiger partial charge in [-0.15, -0.1) is 0 Å². The van der Waals surface area contributed by atoms with E-state index in [9.17, 15) is 4.79 Å². The smallest absolute Gasteiger partial charge is 0.337 e. The van der Waals surface area contributed by atoms with Crippen LogP contribution in [0.15, 0.2) is 30.3 Å². The van der Waals surface area contributed by atoms with Crippen LogP contribution in [0.1, 0.15) is 11.7 Å². The van der Waals surface area contributed by atoms with Gasteiger partial charge in [0.1, 0.15) is 0 Å². The number of carboxylic acids is 1. The molecule has 0 amide bonds. The Balaban J connectivity index is 0.00000121. The molecule has 1 aromatic carbocycles. The topological polar surface area (TPSA) is 57.5 Å². The molecule has 0 saturated carbocycles. The summed E-state index contributed by atoms with van der Waals surface area (Å²) in [4.78, 5) is 10.2. The standard InChI is InChI=1S/C8H8O3.Rh/c9-7(8(10)11)6-4-2-1-3-5-6;/h1-5,7,9H,(H,10,11);. The molecule has 1 radical (unpaired) electrons. The summed E-state index contributed by atoms with van der Waals surface area (Å²) < 4.78 is 0. The van der Waals surface area contributed by atoms with Gasteiger partial charge in [-0.3, -0.25) is 0 Å². The molecular formula is C8H8O3Rh. The van der Waals surface area contributed by atoms with Crippen molar-refractivity contribution < 1.29 is 34.5 Å². The number of aliphatic carboxylic acids is 1. The van der Waals surface area contributed by atoms with E-state index in [1.807, 2.05) is 0 Å². The average molecular weight is 255 g/mol. The van der Waals surface area contributed by atoms with E-state index in [1.54, 1.807) is 30.3 Å². The maximum absolute atomic E-state index is 10.2. The number of hydrogen-bond acceptors (Lipinski definition) is 2. The first-order valence-electron chi connectivity index (χ1n) is 3.17. The van der Waals surface area contributed by atoms with Gasteiger partial charge in [-0.25, -0.2) is 4.79 Å². The summed E-state index contributed by atoms with van der Waals surface area (Å²) in [6.45, 7) is 0. The summed E-state index contributed by atoms with van der Waals surface area (Å²) in [5.74, 6) is -1.23. The summed E-state index contributed by atoms with van der Waals surface area (Å²) in [6, 6.07) is 8.26. The van der Waals surface area contributed by atoms with Crippen molar-refractivity contribution >= 4 is 5.97 Å². The molecule has 4 heteroatoms. The van der Waals surface area contributed by atoms with Gasteiger partial charge in [-0.2, -0.15) is 0 Å². The molecule has 0 fully saturated rings. The molecule has 0 heterocycles. The summed E-state index contributed by atoms with van der Waals surface area (Å²) in [7, 11) is 0. The first-order valence-corrected chi connectivity index (χ1v) is 3.17. The Kier molecular flexibility index (Phi) is 4.71. The molecule has 3 nitrogen and oxygen atoms in total. The van der Waals surface area contributed by atoms with Gasteiger partial charge in [0.05, 0.1) is 0 Å². The third-order valence-electron chi connectivity index (χ3n) is 1.35. The van der Waals surface area contributed by atoms with E-state index in [4.69, 9.17) is 10.2 Å². The van der Waals surface area contributed by atoms with Crippen LogP contribution in [0.4, 0.5) is 0 Å². The zero-order valence-electron chi connectivity index (χ0n) is 6.10. The largest absolute Gasteiger partial charge is 0.479 e. The molecule has 0 aliphatic carbocycles. The summed E-state index contributed by atoms with van der Waals surface area (Å²) in [5.41, 5.74) is 0.403. The predicted molar refractivity (Wildman–Crippen MR) is 39.0 cm³/mol. The molecule has 0 aliphatic heterocycles. The SMILES string of the molecule is O=C(O)C(O)c1ccccc1.[Rh]. The number of rotatable bonds is 2. The summed E-state index contributed by atoms with van der Waals surface area (Å²) >= 11 is 0. The molecule has 1 rings (SSSR count). The summed E-state index contributed by atoms with van der Waals surface area (Å²) in [5, 5.41) is 17.4. The van der Waals surface area contributed by atoms with Gasteiger partial charge in [0, 0.05) is 19.5 Å². The molecule has 67 valence electrons. The molecule has 12 heavy (non-hydrogen) atoms. The van der Waals surface area contributed by atoms with E-state index in [-0.39, 0.29) is 19.5 Å². The van der Waals surface area contributed by atoms with Crippen molar-refractivity contribution in [2.24, 2.45) is 0 Å². The Hall–Kier alpha value is -0.727. The van der Waals surface area contributed by atoms with Crippen molar-refractivity contribution in [1.29, 1.82) is 0 Å². The van der Waals surface area contributed by atoms with Crippen LogP contribution in [0.3, 0.4) is 0 Å². The van der Waals surface area contributed by atoms with E-state index in [1.165, 1.54) is 0 Å². The van der Waals surface area contributed by atoms with Gasteiger partial charge in [0.15, 0.2) is 6.10 Å². The number of carboxylic acid groups (broad SMARTS) is 1. The van der Waals surface area contributed by atoms with E-state index in [0.717, 1.165) is 0 Å². The monoisotopic (exact) mass is 255 g/mol. The van der Waals surface area contributed by atoms with Gasteiger partial charge in [-0.05, 0) is 5.56 Å². The van der Waals surface area contributed by atoms with Crippen molar-refractivity contribution in [2.75, 3.05) is 0 Å². The third-order valence-corrected chi connectivity index (χ3v) is 1.35. The number of carbonyl (C=O) groups is 1. The van der Waals surface area contributed by atoms with Crippen molar-refractivity contribution in [3.63, 3.8) is 0 Å². The van der Waals surface area contributed by atoms with E-state index in [0.29, 0.717) is 5.56 Å². The first-order chi connectivity index (χ1) is 5.22.